The zero-order chi connectivity index (χ0) is 24.8. The van der Waals surface area contributed by atoms with Gasteiger partial charge in [-0.05, 0) is 50.6 Å². The van der Waals surface area contributed by atoms with Gasteiger partial charge in [0.1, 0.15) is 5.82 Å². The largest absolute Gasteiger partial charge is 0.493 e. The van der Waals surface area contributed by atoms with Gasteiger partial charge in [0.2, 0.25) is 0 Å². The molecule has 0 aliphatic rings. The maximum Gasteiger partial charge on any atom is 0.347 e. The number of halogens is 2. The van der Waals surface area contributed by atoms with Crippen LogP contribution in [0.4, 0.5) is 0 Å². The first-order chi connectivity index (χ1) is 16.3. The van der Waals surface area contributed by atoms with Gasteiger partial charge in [-0.2, -0.15) is 9.78 Å². The molecule has 0 saturated heterocycles. The molecule has 0 fully saturated rings. The Labute approximate surface area is 214 Å². The molecule has 1 atom stereocenters. The molecule has 180 valence electrons. The Kier molecular flexibility index (Phi) is 8.84. The molecule has 0 amide bonds. The van der Waals surface area contributed by atoms with Gasteiger partial charge >= 0.3 is 5.97 Å². The fourth-order valence-corrected chi connectivity index (χ4v) is 4.08. The van der Waals surface area contributed by atoms with E-state index in [1.165, 1.54) is 18.0 Å². The van der Waals surface area contributed by atoms with Crippen LogP contribution in [0.3, 0.4) is 0 Å². The van der Waals surface area contributed by atoms with Gasteiger partial charge in [-0.3, -0.25) is 4.79 Å². The Morgan fingerprint density at radius 1 is 1.21 bits per heavy atom. The van der Waals surface area contributed by atoms with Crippen molar-refractivity contribution < 1.29 is 19.0 Å². The van der Waals surface area contributed by atoms with Crippen LogP contribution in [-0.4, -0.2) is 41.7 Å². The first-order valence-corrected chi connectivity index (χ1v) is 12.3. The molecule has 1 heterocycles. The smallest absolute Gasteiger partial charge is 0.347 e. The molecule has 0 aliphatic carbocycles. The van der Waals surface area contributed by atoms with E-state index in [2.05, 4.69) is 41.9 Å². The second-order valence-corrected chi connectivity index (χ2v) is 9.17. The highest BCUT2D eigenvalue weighted by atomic mass is 79.9. The molecule has 2 aromatic carbocycles. The lowest BCUT2D eigenvalue weighted by Gasteiger charge is -2.18. The average molecular weight is 595 g/mol. The molecule has 1 aromatic heterocycles. The number of aryl methyl sites for hydroxylation is 1. The van der Waals surface area contributed by atoms with Gasteiger partial charge in [0.25, 0.3) is 5.56 Å². The fourth-order valence-electron chi connectivity index (χ4n) is 3.27. The Morgan fingerprint density at radius 2 is 1.97 bits per heavy atom. The zero-order valence-electron chi connectivity index (χ0n) is 19.3. The molecule has 3 rings (SSSR count). The lowest BCUT2D eigenvalue weighted by molar-refractivity contribution is -0.150. The molecule has 8 nitrogen and oxygen atoms in total. The summed E-state index contributed by atoms with van der Waals surface area (Å²) in [5.41, 5.74) is 0.834. The van der Waals surface area contributed by atoms with E-state index in [-0.39, 0.29) is 12.2 Å². The molecule has 0 radical (unpaired) electrons. The number of esters is 1. The number of methoxy groups -OCH3 is 1. The van der Waals surface area contributed by atoms with Crippen LogP contribution in [0.2, 0.25) is 0 Å². The summed E-state index contributed by atoms with van der Waals surface area (Å²) in [5.74, 6) is 0.745. The Balaban J connectivity index is 2.12. The van der Waals surface area contributed by atoms with Crippen molar-refractivity contribution in [3.8, 4) is 11.5 Å². The monoisotopic (exact) mass is 593 g/mol. The highest BCUT2D eigenvalue weighted by Gasteiger charge is 2.21. The van der Waals surface area contributed by atoms with Crippen molar-refractivity contribution >= 4 is 54.9 Å². The van der Waals surface area contributed by atoms with Crippen molar-refractivity contribution in [2.75, 3.05) is 13.7 Å². The van der Waals surface area contributed by atoms with Crippen LogP contribution in [0, 0.1) is 0 Å². The first-order valence-electron chi connectivity index (χ1n) is 10.7. The zero-order valence-corrected chi connectivity index (χ0v) is 22.5. The molecule has 34 heavy (non-hydrogen) atoms. The number of hydrogen-bond acceptors (Lipinski definition) is 7. The van der Waals surface area contributed by atoms with E-state index in [1.807, 2.05) is 13.0 Å². The minimum Gasteiger partial charge on any atom is -0.493 e. The van der Waals surface area contributed by atoms with E-state index in [1.54, 1.807) is 38.1 Å². The van der Waals surface area contributed by atoms with Gasteiger partial charge in [-0.1, -0.05) is 38.8 Å². The molecular weight excluding hydrogens is 570 g/mol. The van der Waals surface area contributed by atoms with E-state index in [0.29, 0.717) is 44.7 Å². The Hall–Kier alpha value is -2.72. The van der Waals surface area contributed by atoms with Crippen molar-refractivity contribution in [1.29, 1.82) is 0 Å². The maximum atomic E-state index is 13.3. The van der Waals surface area contributed by atoms with Crippen LogP contribution in [0.5, 0.6) is 11.5 Å². The van der Waals surface area contributed by atoms with Gasteiger partial charge in [-0.25, -0.2) is 9.78 Å². The summed E-state index contributed by atoms with van der Waals surface area (Å²) in [6.45, 7) is 5.57. The van der Waals surface area contributed by atoms with Crippen molar-refractivity contribution in [3.05, 3.63) is 61.0 Å². The fraction of sp³-hybridized carbons (Fsp3) is 0.333. The van der Waals surface area contributed by atoms with Gasteiger partial charge < -0.3 is 14.2 Å². The number of ether oxygens (including phenoxy) is 3. The summed E-state index contributed by atoms with van der Waals surface area (Å²) < 4.78 is 19.2. The third-order valence-electron chi connectivity index (χ3n) is 4.84. The Bertz CT molecular complexity index is 1290. The van der Waals surface area contributed by atoms with Crippen molar-refractivity contribution in [1.82, 2.24) is 9.66 Å². The summed E-state index contributed by atoms with van der Waals surface area (Å²) in [4.78, 5) is 30.0. The maximum absolute atomic E-state index is 13.3. The molecule has 0 spiro atoms. The highest BCUT2D eigenvalue weighted by molar-refractivity contribution is 9.10. The summed E-state index contributed by atoms with van der Waals surface area (Å²) in [7, 11) is 1.50. The number of rotatable bonds is 9. The SMILES string of the molecule is CCCc1nc2ccc(Br)cc2c(=O)n1N=Cc1cc(Br)cc(OC)c1O[C@H](C)C(=O)OCC. The van der Waals surface area contributed by atoms with E-state index in [0.717, 1.165) is 10.9 Å². The van der Waals surface area contributed by atoms with Gasteiger partial charge in [0.05, 0.1) is 30.8 Å². The number of benzene rings is 2. The van der Waals surface area contributed by atoms with Crippen LogP contribution >= 0.6 is 31.9 Å². The summed E-state index contributed by atoms with van der Waals surface area (Å²) >= 11 is 6.86. The van der Waals surface area contributed by atoms with E-state index in [4.69, 9.17) is 14.2 Å². The number of carbonyl (C=O) groups is 1. The lowest BCUT2D eigenvalue weighted by Crippen LogP contribution is -2.26. The average Bonchev–Trinajstić information content (AvgIpc) is 2.80. The number of hydrogen-bond donors (Lipinski definition) is 0. The number of nitrogens with zero attached hydrogens (tertiary/aromatic N) is 3. The van der Waals surface area contributed by atoms with Crippen molar-refractivity contribution in [2.24, 2.45) is 5.10 Å². The van der Waals surface area contributed by atoms with Gasteiger partial charge in [0.15, 0.2) is 17.6 Å². The van der Waals surface area contributed by atoms with Crippen LogP contribution in [-0.2, 0) is 16.0 Å². The van der Waals surface area contributed by atoms with Crippen LogP contribution in [0.25, 0.3) is 10.9 Å². The van der Waals surface area contributed by atoms with Crippen LogP contribution in [0.15, 0.2) is 49.2 Å². The first kappa shape index (κ1) is 25.9. The summed E-state index contributed by atoms with van der Waals surface area (Å²) in [6.07, 6.45) is 1.98. The minimum atomic E-state index is -0.875. The second-order valence-electron chi connectivity index (χ2n) is 7.34. The van der Waals surface area contributed by atoms with Crippen molar-refractivity contribution in [2.45, 2.75) is 39.7 Å². The minimum absolute atomic E-state index is 0.243. The summed E-state index contributed by atoms with van der Waals surface area (Å²) in [6, 6.07) is 8.85. The molecule has 0 saturated carbocycles. The standard InChI is InChI=1S/C24H25Br2N3O5/c1-5-7-21-28-19-9-8-16(25)11-18(19)23(30)29(21)27-13-15-10-17(26)12-20(32-4)22(15)34-14(3)24(31)33-6-2/h8-14H,5-7H2,1-4H3/t14-/m1/s1. The number of carbonyl (C=O) groups excluding carboxylic acids is 1. The predicted molar refractivity (Wildman–Crippen MR) is 138 cm³/mol. The van der Waals surface area contributed by atoms with Gasteiger partial charge in [-0.15, -0.1) is 0 Å². The second kappa shape index (κ2) is 11.6. The molecule has 10 heteroatoms. The molecule has 3 aromatic rings. The lowest BCUT2D eigenvalue weighted by atomic mass is 10.2. The van der Waals surface area contributed by atoms with E-state index >= 15 is 0 Å². The van der Waals surface area contributed by atoms with E-state index < -0.39 is 12.1 Å². The van der Waals surface area contributed by atoms with E-state index in [9.17, 15) is 9.59 Å². The number of fused-ring (bicyclic) bond motifs is 1. The normalized spacial score (nSPS) is 12.2. The Morgan fingerprint density at radius 3 is 2.65 bits per heavy atom. The van der Waals surface area contributed by atoms with Crippen molar-refractivity contribution in [3.63, 3.8) is 0 Å². The molecule has 0 N–H and O–H groups in total. The number of aromatic nitrogens is 2. The molecule has 0 aliphatic heterocycles. The van der Waals surface area contributed by atoms with Gasteiger partial charge in [0, 0.05) is 20.9 Å². The quantitative estimate of drug-likeness (QED) is 0.253. The third kappa shape index (κ3) is 5.85. The third-order valence-corrected chi connectivity index (χ3v) is 5.79. The van der Waals surface area contributed by atoms with Crippen LogP contribution in [0.1, 0.15) is 38.6 Å². The highest BCUT2D eigenvalue weighted by Crippen LogP contribution is 2.35. The topological polar surface area (TPSA) is 92.0 Å². The molecule has 0 unspecified atom stereocenters. The molecular formula is C24H25Br2N3O5. The van der Waals surface area contributed by atoms with Crippen LogP contribution < -0.4 is 15.0 Å². The predicted octanol–water partition coefficient (Wildman–Crippen LogP) is 5.10. The summed E-state index contributed by atoms with van der Waals surface area (Å²) in [5, 5.41) is 4.92. The molecule has 0 bridgehead atoms.